The number of esters is 1. The number of amides is 3. The lowest BCUT2D eigenvalue weighted by atomic mass is 10.0. The van der Waals surface area contributed by atoms with Crippen LogP contribution >= 0.6 is 0 Å². The van der Waals surface area contributed by atoms with Crippen molar-refractivity contribution in [2.24, 2.45) is 0 Å². The number of nitrogens with one attached hydrogen (secondary N) is 2. The Bertz CT molecular complexity index is 1010. The number of aliphatic hydroxyl groups excluding tert-OH is 1. The molecule has 3 rings (SSSR count). The summed E-state index contributed by atoms with van der Waals surface area (Å²) in [5.74, 6) is -1.90. The number of benzene rings is 1. The van der Waals surface area contributed by atoms with Crippen LogP contribution in [0.4, 0.5) is 5.69 Å². The zero-order valence-corrected chi connectivity index (χ0v) is 22.1. The van der Waals surface area contributed by atoms with Crippen molar-refractivity contribution in [2.45, 2.75) is 57.9 Å². The third kappa shape index (κ3) is 8.22. The molecule has 1 aromatic rings. The van der Waals surface area contributed by atoms with E-state index in [1.807, 2.05) is 20.8 Å². The minimum absolute atomic E-state index is 0.190. The normalized spacial score (nSPS) is 19.4. The number of anilines is 1. The van der Waals surface area contributed by atoms with Gasteiger partial charge < -0.3 is 34.7 Å². The van der Waals surface area contributed by atoms with Gasteiger partial charge in [-0.1, -0.05) is 6.07 Å². The molecule has 210 valence electrons. The lowest BCUT2D eigenvalue weighted by Gasteiger charge is -2.31. The van der Waals surface area contributed by atoms with Gasteiger partial charge in [-0.2, -0.15) is 0 Å². The second kappa shape index (κ2) is 13.7. The molecular formula is C26H37N3O9. The number of hydrogen-bond donors (Lipinski definition) is 3. The first-order valence-electron chi connectivity index (χ1n) is 12.8. The predicted molar refractivity (Wildman–Crippen MR) is 136 cm³/mol. The lowest BCUT2D eigenvalue weighted by molar-refractivity contribution is -0.156. The van der Waals surface area contributed by atoms with Crippen LogP contribution in [-0.2, 0) is 28.5 Å². The molecule has 1 fully saturated rings. The zero-order chi connectivity index (χ0) is 27.7. The molecule has 1 aromatic carbocycles. The average molecular weight is 536 g/mol. The van der Waals surface area contributed by atoms with Gasteiger partial charge in [0.1, 0.15) is 17.9 Å². The van der Waals surface area contributed by atoms with E-state index >= 15 is 0 Å². The van der Waals surface area contributed by atoms with Crippen LogP contribution in [0.15, 0.2) is 18.2 Å². The maximum atomic E-state index is 13.1. The summed E-state index contributed by atoms with van der Waals surface area (Å²) in [5, 5.41) is 15.1. The fourth-order valence-electron chi connectivity index (χ4n) is 4.11. The molecule has 0 bridgehead atoms. The van der Waals surface area contributed by atoms with Crippen LogP contribution in [0.2, 0.25) is 0 Å². The van der Waals surface area contributed by atoms with Gasteiger partial charge in [0, 0.05) is 12.2 Å². The van der Waals surface area contributed by atoms with Gasteiger partial charge in [-0.05, 0) is 45.7 Å². The van der Waals surface area contributed by atoms with Gasteiger partial charge in [0.15, 0.2) is 0 Å². The van der Waals surface area contributed by atoms with E-state index in [-0.39, 0.29) is 43.0 Å². The van der Waals surface area contributed by atoms with E-state index in [9.17, 15) is 24.3 Å². The fourth-order valence-corrected chi connectivity index (χ4v) is 4.11. The third-order valence-electron chi connectivity index (χ3n) is 5.76. The molecule has 0 aromatic heterocycles. The van der Waals surface area contributed by atoms with Crippen molar-refractivity contribution in [3.05, 3.63) is 29.3 Å². The SMILES string of the molecule is CC(C)(C)OC(=O)CCOCCOCCOCCNc1cccc2c1C(=O)N(C1CCC(O)NC1=O)C2=O. The van der Waals surface area contributed by atoms with E-state index in [1.54, 1.807) is 18.2 Å². The highest BCUT2D eigenvalue weighted by molar-refractivity contribution is 6.25. The third-order valence-corrected chi connectivity index (χ3v) is 5.76. The number of imide groups is 1. The minimum atomic E-state index is -0.972. The summed E-state index contributed by atoms with van der Waals surface area (Å²) in [5.41, 5.74) is 0.449. The van der Waals surface area contributed by atoms with E-state index in [1.165, 1.54) is 0 Å². The second-order valence-electron chi connectivity index (χ2n) is 9.93. The van der Waals surface area contributed by atoms with Gasteiger partial charge in [0.05, 0.1) is 57.2 Å². The highest BCUT2D eigenvalue weighted by Crippen LogP contribution is 2.32. The molecule has 12 heteroatoms. The molecule has 0 aliphatic carbocycles. The van der Waals surface area contributed by atoms with Gasteiger partial charge in [0.2, 0.25) is 5.91 Å². The van der Waals surface area contributed by atoms with E-state index in [2.05, 4.69) is 10.6 Å². The van der Waals surface area contributed by atoms with Crippen molar-refractivity contribution in [2.75, 3.05) is 51.5 Å². The Kier molecular flexibility index (Phi) is 10.6. The Morgan fingerprint density at radius 3 is 2.32 bits per heavy atom. The molecule has 2 atom stereocenters. The summed E-state index contributed by atoms with van der Waals surface area (Å²) in [6, 6.07) is 3.98. The monoisotopic (exact) mass is 535 g/mol. The number of hydrogen-bond acceptors (Lipinski definition) is 10. The Balaban J connectivity index is 1.31. The van der Waals surface area contributed by atoms with Crippen LogP contribution < -0.4 is 10.6 Å². The number of carbonyl (C=O) groups is 4. The number of carbonyl (C=O) groups excluding carboxylic acids is 4. The maximum absolute atomic E-state index is 13.1. The summed E-state index contributed by atoms with van der Waals surface area (Å²) >= 11 is 0. The number of rotatable bonds is 14. The highest BCUT2D eigenvalue weighted by atomic mass is 16.6. The van der Waals surface area contributed by atoms with Crippen LogP contribution in [-0.4, -0.2) is 97.8 Å². The molecule has 3 amide bonds. The van der Waals surface area contributed by atoms with E-state index in [0.717, 1.165) is 4.90 Å². The minimum Gasteiger partial charge on any atom is -0.460 e. The van der Waals surface area contributed by atoms with Crippen LogP contribution in [0.3, 0.4) is 0 Å². The van der Waals surface area contributed by atoms with Gasteiger partial charge >= 0.3 is 5.97 Å². The Labute approximate surface area is 221 Å². The largest absolute Gasteiger partial charge is 0.460 e. The quantitative estimate of drug-likeness (QED) is 0.179. The molecule has 38 heavy (non-hydrogen) atoms. The Hall–Kier alpha value is -3.06. The smallest absolute Gasteiger partial charge is 0.308 e. The standard InChI is InChI=1S/C26H37N3O9/c1-26(2,3)38-21(31)9-11-35-13-15-37-16-14-36-12-10-27-18-6-4-5-17-22(18)25(34)29(24(17)33)19-7-8-20(30)28-23(19)32/h4-6,19-20,27,30H,7-16H2,1-3H3,(H,28,32). The number of nitrogens with zero attached hydrogens (tertiary/aromatic N) is 1. The summed E-state index contributed by atoms with van der Waals surface area (Å²) in [6.07, 6.45) is -0.317. The Morgan fingerprint density at radius 1 is 1.00 bits per heavy atom. The number of aliphatic hydroxyl groups is 1. The lowest BCUT2D eigenvalue weighted by Crippen LogP contribution is -2.55. The Morgan fingerprint density at radius 2 is 1.66 bits per heavy atom. The molecule has 2 unspecified atom stereocenters. The summed E-state index contributed by atoms with van der Waals surface area (Å²) < 4.78 is 21.5. The van der Waals surface area contributed by atoms with Crippen molar-refractivity contribution in [3.63, 3.8) is 0 Å². The molecular weight excluding hydrogens is 498 g/mol. The van der Waals surface area contributed by atoms with Crippen LogP contribution in [0.5, 0.6) is 0 Å². The number of ether oxygens (including phenoxy) is 4. The van der Waals surface area contributed by atoms with Crippen molar-refractivity contribution in [1.29, 1.82) is 0 Å². The second-order valence-corrected chi connectivity index (χ2v) is 9.93. The van der Waals surface area contributed by atoms with E-state index < -0.39 is 35.6 Å². The van der Waals surface area contributed by atoms with E-state index in [0.29, 0.717) is 45.3 Å². The number of fused-ring (bicyclic) bond motifs is 1. The maximum Gasteiger partial charge on any atom is 0.308 e. The molecule has 2 aliphatic rings. The van der Waals surface area contributed by atoms with Crippen LogP contribution in [0, 0.1) is 0 Å². The van der Waals surface area contributed by atoms with Crippen molar-refractivity contribution in [1.82, 2.24) is 10.2 Å². The number of piperidine rings is 1. The van der Waals surface area contributed by atoms with Crippen molar-refractivity contribution < 1.29 is 43.2 Å². The van der Waals surface area contributed by atoms with Gasteiger partial charge in [0.25, 0.3) is 11.8 Å². The summed E-state index contributed by atoms with van der Waals surface area (Å²) in [4.78, 5) is 50.8. The average Bonchev–Trinajstić information content (AvgIpc) is 3.09. The van der Waals surface area contributed by atoms with Crippen LogP contribution in [0.25, 0.3) is 0 Å². The van der Waals surface area contributed by atoms with Gasteiger partial charge in [-0.3, -0.25) is 24.1 Å². The molecule has 1 saturated heterocycles. The first-order valence-corrected chi connectivity index (χ1v) is 12.8. The van der Waals surface area contributed by atoms with Crippen molar-refractivity contribution in [3.8, 4) is 0 Å². The highest BCUT2D eigenvalue weighted by Gasteiger charge is 2.45. The first-order chi connectivity index (χ1) is 18.1. The fraction of sp³-hybridized carbons (Fsp3) is 0.615. The van der Waals surface area contributed by atoms with Crippen LogP contribution in [0.1, 0.15) is 60.7 Å². The van der Waals surface area contributed by atoms with Gasteiger partial charge in [-0.15, -0.1) is 0 Å². The molecule has 12 nitrogen and oxygen atoms in total. The van der Waals surface area contributed by atoms with E-state index in [4.69, 9.17) is 18.9 Å². The predicted octanol–water partition coefficient (Wildman–Crippen LogP) is 1.07. The molecule has 0 saturated carbocycles. The molecule has 0 radical (unpaired) electrons. The molecule has 2 aliphatic heterocycles. The first kappa shape index (κ1) is 29.5. The summed E-state index contributed by atoms with van der Waals surface area (Å²) in [7, 11) is 0. The molecule has 3 N–H and O–H groups in total. The molecule has 0 spiro atoms. The summed E-state index contributed by atoms with van der Waals surface area (Å²) in [6.45, 7) is 7.91. The van der Waals surface area contributed by atoms with Crippen molar-refractivity contribution >= 4 is 29.4 Å². The zero-order valence-electron chi connectivity index (χ0n) is 22.1. The van der Waals surface area contributed by atoms with Gasteiger partial charge in [-0.25, -0.2) is 0 Å². The topological polar surface area (TPSA) is 153 Å². The molecule has 2 heterocycles.